The number of hydrogen-bond acceptors (Lipinski definition) is 6. The van der Waals surface area contributed by atoms with Gasteiger partial charge in [0.25, 0.3) is 0 Å². The summed E-state index contributed by atoms with van der Waals surface area (Å²) in [6.07, 6.45) is 1.59. The first kappa shape index (κ1) is 12.3. The lowest BCUT2D eigenvalue weighted by Gasteiger charge is -2.10. The number of nitrogen functional groups attached to an aromatic ring is 1. The summed E-state index contributed by atoms with van der Waals surface area (Å²) < 4.78 is 13.3. The number of benzene rings is 1. The maximum absolute atomic E-state index is 13.3. The Morgan fingerprint density at radius 3 is 2.95 bits per heavy atom. The zero-order valence-corrected chi connectivity index (χ0v) is 10.6. The molecule has 0 bridgehead atoms. The fourth-order valence-electron chi connectivity index (χ4n) is 1.85. The molecule has 8 heteroatoms. The third-order valence-corrected chi connectivity index (χ3v) is 2.89. The predicted octanol–water partition coefficient (Wildman–Crippen LogP) is 1.83. The van der Waals surface area contributed by atoms with E-state index in [0.717, 1.165) is 5.56 Å². The van der Waals surface area contributed by atoms with Crippen LogP contribution < -0.4 is 16.6 Å². The zero-order valence-electron chi connectivity index (χ0n) is 10.6. The van der Waals surface area contributed by atoms with Crippen molar-refractivity contribution in [2.45, 2.75) is 6.92 Å². The average molecular weight is 273 g/mol. The van der Waals surface area contributed by atoms with Crippen molar-refractivity contribution >= 4 is 28.5 Å². The summed E-state index contributed by atoms with van der Waals surface area (Å²) >= 11 is 0. The van der Waals surface area contributed by atoms with Crippen LogP contribution in [0.5, 0.6) is 0 Å². The molecule has 0 saturated heterocycles. The average Bonchev–Trinajstić information content (AvgIpc) is 2.91. The Balaban J connectivity index is 2.09. The van der Waals surface area contributed by atoms with Crippen LogP contribution in [-0.2, 0) is 0 Å². The largest absolute Gasteiger partial charge is 0.339 e. The Kier molecular flexibility index (Phi) is 2.92. The van der Waals surface area contributed by atoms with Gasteiger partial charge in [0.1, 0.15) is 11.6 Å². The van der Waals surface area contributed by atoms with E-state index in [1.54, 1.807) is 12.3 Å². The number of aromatic amines is 1. The van der Waals surface area contributed by atoms with Crippen molar-refractivity contribution in [1.82, 2.24) is 20.2 Å². The number of aromatic nitrogens is 4. The third-order valence-electron chi connectivity index (χ3n) is 2.89. The Morgan fingerprint density at radius 1 is 1.30 bits per heavy atom. The number of nitrogens with zero attached hydrogens (tertiary/aromatic N) is 3. The van der Waals surface area contributed by atoms with E-state index in [2.05, 4.69) is 30.9 Å². The van der Waals surface area contributed by atoms with E-state index in [0.29, 0.717) is 22.5 Å². The number of halogens is 1. The number of H-pyrrole nitrogens is 1. The number of hydrogen-bond donors (Lipinski definition) is 4. The highest BCUT2D eigenvalue weighted by atomic mass is 19.1. The van der Waals surface area contributed by atoms with E-state index >= 15 is 0 Å². The van der Waals surface area contributed by atoms with Crippen LogP contribution in [0.1, 0.15) is 5.56 Å². The molecule has 7 nitrogen and oxygen atoms in total. The second kappa shape index (κ2) is 4.74. The number of rotatable bonds is 3. The van der Waals surface area contributed by atoms with Gasteiger partial charge in [-0.15, -0.1) is 0 Å². The van der Waals surface area contributed by atoms with Crippen molar-refractivity contribution in [2.24, 2.45) is 5.84 Å². The quantitative estimate of drug-likeness (QED) is 0.428. The maximum Gasteiger partial charge on any atom is 0.241 e. The smallest absolute Gasteiger partial charge is 0.241 e. The van der Waals surface area contributed by atoms with Gasteiger partial charge in [0.15, 0.2) is 5.65 Å². The molecule has 102 valence electrons. The van der Waals surface area contributed by atoms with Gasteiger partial charge < -0.3 is 5.32 Å². The molecule has 3 rings (SSSR count). The fourth-order valence-corrected chi connectivity index (χ4v) is 1.85. The molecule has 0 atom stereocenters. The van der Waals surface area contributed by atoms with Crippen molar-refractivity contribution in [3.63, 3.8) is 0 Å². The van der Waals surface area contributed by atoms with E-state index in [1.807, 2.05) is 6.92 Å². The number of nitrogens with two attached hydrogens (primary N) is 1. The van der Waals surface area contributed by atoms with Gasteiger partial charge >= 0.3 is 0 Å². The van der Waals surface area contributed by atoms with Crippen LogP contribution in [0.4, 0.5) is 21.8 Å². The van der Waals surface area contributed by atoms with Crippen LogP contribution in [0.15, 0.2) is 24.4 Å². The molecular weight excluding hydrogens is 261 g/mol. The lowest BCUT2D eigenvalue weighted by atomic mass is 10.2. The highest BCUT2D eigenvalue weighted by Gasteiger charge is 2.10. The molecule has 0 radical (unpaired) electrons. The molecule has 0 fully saturated rings. The number of nitrogens with one attached hydrogen (secondary N) is 3. The van der Waals surface area contributed by atoms with Crippen LogP contribution in [0.3, 0.4) is 0 Å². The summed E-state index contributed by atoms with van der Waals surface area (Å²) in [6.45, 7) is 1.87. The van der Waals surface area contributed by atoms with Gasteiger partial charge in [-0.3, -0.25) is 10.5 Å². The van der Waals surface area contributed by atoms with Crippen LogP contribution in [0, 0.1) is 12.7 Å². The number of fused-ring (bicyclic) bond motifs is 1. The van der Waals surface area contributed by atoms with Crippen LogP contribution >= 0.6 is 0 Å². The fraction of sp³-hybridized carbons (Fsp3) is 0.0833. The first-order valence-electron chi connectivity index (χ1n) is 5.88. The molecule has 0 spiro atoms. The van der Waals surface area contributed by atoms with Gasteiger partial charge in [-0.2, -0.15) is 15.1 Å². The lowest BCUT2D eigenvalue weighted by Crippen LogP contribution is -2.11. The second-order valence-electron chi connectivity index (χ2n) is 4.26. The van der Waals surface area contributed by atoms with Crippen molar-refractivity contribution in [1.29, 1.82) is 0 Å². The summed E-state index contributed by atoms with van der Waals surface area (Å²) in [4.78, 5) is 8.33. The Labute approximate surface area is 113 Å². The highest BCUT2D eigenvalue weighted by molar-refractivity contribution is 5.89. The molecule has 2 aromatic heterocycles. The molecule has 0 aliphatic rings. The van der Waals surface area contributed by atoms with E-state index < -0.39 is 0 Å². The van der Waals surface area contributed by atoms with Crippen molar-refractivity contribution in [3.8, 4) is 0 Å². The Morgan fingerprint density at radius 2 is 2.15 bits per heavy atom. The Hall–Kier alpha value is -2.74. The normalized spacial score (nSPS) is 10.8. The highest BCUT2D eigenvalue weighted by Crippen LogP contribution is 2.25. The number of hydrazine groups is 1. The van der Waals surface area contributed by atoms with Gasteiger partial charge in [0.05, 0.1) is 11.6 Å². The van der Waals surface area contributed by atoms with Crippen LogP contribution in [-0.4, -0.2) is 20.2 Å². The summed E-state index contributed by atoms with van der Waals surface area (Å²) in [5.74, 6) is 5.73. The number of aryl methyl sites for hydroxylation is 1. The molecule has 0 amide bonds. The minimum Gasteiger partial charge on any atom is -0.339 e. The van der Waals surface area contributed by atoms with Crippen LogP contribution in [0.25, 0.3) is 11.0 Å². The first-order valence-corrected chi connectivity index (χ1v) is 5.88. The van der Waals surface area contributed by atoms with E-state index in [9.17, 15) is 4.39 Å². The van der Waals surface area contributed by atoms with E-state index in [4.69, 9.17) is 5.84 Å². The minimum atomic E-state index is -0.326. The molecule has 0 aliphatic heterocycles. The molecule has 0 unspecified atom stereocenters. The molecule has 0 saturated carbocycles. The molecule has 3 aromatic rings. The monoisotopic (exact) mass is 273 g/mol. The summed E-state index contributed by atoms with van der Waals surface area (Å²) in [5.41, 5.74) is 4.42. The summed E-state index contributed by atoms with van der Waals surface area (Å²) in [6, 6.07) is 4.49. The topological polar surface area (TPSA) is 105 Å². The van der Waals surface area contributed by atoms with Crippen molar-refractivity contribution in [3.05, 3.63) is 35.8 Å². The van der Waals surface area contributed by atoms with E-state index in [-0.39, 0.29) is 11.8 Å². The lowest BCUT2D eigenvalue weighted by molar-refractivity contribution is 0.628. The minimum absolute atomic E-state index is 0.235. The molecular formula is C12H12FN7. The zero-order chi connectivity index (χ0) is 14.1. The van der Waals surface area contributed by atoms with Gasteiger partial charge in [-0.25, -0.2) is 10.2 Å². The molecule has 1 aromatic carbocycles. The van der Waals surface area contributed by atoms with Crippen molar-refractivity contribution < 1.29 is 4.39 Å². The molecule has 5 N–H and O–H groups in total. The second-order valence-corrected chi connectivity index (χ2v) is 4.26. The van der Waals surface area contributed by atoms with Gasteiger partial charge in [0, 0.05) is 5.69 Å². The van der Waals surface area contributed by atoms with Crippen LogP contribution in [0.2, 0.25) is 0 Å². The summed E-state index contributed by atoms with van der Waals surface area (Å²) in [5, 5.41) is 10.4. The Bertz CT molecular complexity index is 768. The predicted molar refractivity (Wildman–Crippen MR) is 73.9 cm³/mol. The summed E-state index contributed by atoms with van der Waals surface area (Å²) in [7, 11) is 0. The van der Waals surface area contributed by atoms with Gasteiger partial charge in [0.2, 0.25) is 5.95 Å². The molecule has 2 heterocycles. The number of anilines is 3. The first-order chi connectivity index (χ1) is 9.67. The van der Waals surface area contributed by atoms with E-state index in [1.165, 1.54) is 12.1 Å². The molecule has 0 aliphatic carbocycles. The maximum atomic E-state index is 13.3. The van der Waals surface area contributed by atoms with Crippen molar-refractivity contribution in [2.75, 3.05) is 10.7 Å². The van der Waals surface area contributed by atoms with Gasteiger partial charge in [-0.05, 0) is 24.6 Å². The standard InChI is InChI=1S/C12H12FN7/c1-6-2-3-7(13)4-9(6)16-10-8-5-15-20-11(8)18-12(17-10)19-14/h2-5H,14H2,1H3,(H3,15,16,17,18,19,20). The van der Waals surface area contributed by atoms with Gasteiger partial charge in [-0.1, -0.05) is 6.07 Å². The SMILES string of the molecule is Cc1ccc(F)cc1Nc1nc(NN)nc2[nH]ncc12. The molecule has 20 heavy (non-hydrogen) atoms. The third kappa shape index (κ3) is 2.12.